The average Bonchev–Trinajstić information content (AvgIpc) is 2.93. The van der Waals surface area contributed by atoms with Crippen molar-refractivity contribution < 1.29 is 40.7 Å². The Labute approximate surface area is 341 Å². The van der Waals surface area contributed by atoms with E-state index in [1.165, 1.54) is 64.2 Å². The fourth-order valence-electron chi connectivity index (χ4n) is 5.08. The Morgan fingerprint density at radius 3 is 1.27 bits per heavy atom. The Bertz CT molecular complexity index is 788. The number of carboxylic acid groups (broad SMARTS) is 3. The summed E-state index contributed by atoms with van der Waals surface area (Å²) in [6.45, 7) is 2.09. The minimum atomic E-state index is -1.04. The Hall–Kier alpha value is -0.350. The zero-order chi connectivity index (χ0) is 31.4. The summed E-state index contributed by atoms with van der Waals surface area (Å²) in [4.78, 5) is 57.2. The molecule has 0 aromatic carbocycles. The fourth-order valence-corrected chi connectivity index (χ4v) is 5.08. The van der Waals surface area contributed by atoms with Crippen LogP contribution in [0.1, 0.15) is 170 Å². The topological polar surface area (TPSA) is 158 Å². The number of hydrogen-bond donors (Lipinski definition) is 4. The van der Waals surface area contributed by atoms with Crippen LogP contribution in [0.2, 0.25) is 0 Å². The van der Waals surface area contributed by atoms with E-state index in [1.54, 1.807) is 6.92 Å². The minimum Gasteiger partial charge on any atom is -0.481 e. The van der Waals surface area contributed by atoms with Crippen molar-refractivity contribution in [2.75, 3.05) is 6.54 Å². The van der Waals surface area contributed by atoms with Crippen molar-refractivity contribution in [3.63, 3.8) is 0 Å². The third-order valence-corrected chi connectivity index (χ3v) is 7.95. The lowest BCUT2D eigenvalue weighted by atomic mass is 9.94. The first kappa shape index (κ1) is 66.8. The predicted molar refractivity (Wildman–Crippen MR) is 236 cm³/mol. The summed E-state index contributed by atoms with van der Waals surface area (Å²) in [6, 6.07) is 0. The number of hydrogen-bond acceptors (Lipinski definition) is 5. The van der Waals surface area contributed by atoms with Gasteiger partial charge in [0.05, 0.1) is 11.8 Å². The van der Waals surface area contributed by atoms with Crippen LogP contribution >= 0.6 is 81.0 Å². The number of unbranched alkanes of at least 4 members (excludes halogenated alkanes) is 16. The van der Waals surface area contributed by atoms with E-state index in [-0.39, 0.29) is 121 Å². The van der Waals surface area contributed by atoms with Crippen LogP contribution in [-0.4, -0.2) is 51.5 Å². The summed E-state index contributed by atoms with van der Waals surface area (Å²) >= 11 is 0. The van der Waals surface area contributed by atoms with E-state index in [0.717, 1.165) is 38.5 Å². The summed E-state index contributed by atoms with van der Waals surface area (Å²) < 4.78 is 0. The standard InChI is InChI=1S/C33H59NO8.CH4.6H2S.H2/c1-27(32(39)40)20-18-19-25-34-30(36)24-23-28(33(41)42)26-29(35)21-16-14-12-10-8-6-4-2-3-5-7-9-11-13-15-17-22-31(37)38;;;;;;;;/h27-28H,2-26H2,1H3,(H,34,36)(H,37,38)(H,39,40)(H,41,42);1H4;6*1H2;1H/t27-,28+;;;;;;;;/m0......../s1. The van der Waals surface area contributed by atoms with Gasteiger partial charge in [-0.2, -0.15) is 81.0 Å². The van der Waals surface area contributed by atoms with Gasteiger partial charge in [0, 0.05) is 33.7 Å². The molecular weight excluding hydrogens is 743 g/mol. The lowest BCUT2D eigenvalue weighted by molar-refractivity contribution is -0.144. The first-order valence-corrected chi connectivity index (χ1v) is 16.6. The molecule has 0 aromatic heterocycles. The number of rotatable bonds is 31. The van der Waals surface area contributed by atoms with Crippen LogP contribution in [0.4, 0.5) is 0 Å². The van der Waals surface area contributed by atoms with Crippen molar-refractivity contribution in [1.29, 1.82) is 0 Å². The lowest BCUT2D eigenvalue weighted by Gasteiger charge is -2.12. The van der Waals surface area contributed by atoms with Gasteiger partial charge in [-0.3, -0.25) is 24.0 Å². The maximum atomic E-state index is 12.3. The monoisotopic (exact) mass is 819 g/mol. The van der Waals surface area contributed by atoms with Gasteiger partial charge >= 0.3 is 17.9 Å². The first-order chi connectivity index (χ1) is 20.1. The number of carbonyl (C=O) groups excluding carboxylic acids is 2. The fraction of sp³-hybridized carbons (Fsp3) is 0.853. The van der Waals surface area contributed by atoms with Crippen molar-refractivity contribution in [2.45, 2.75) is 168 Å². The summed E-state index contributed by atoms with van der Waals surface area (Å²) in [5.74, 6) is -4.09. The van der Waals surface area contributed by atoms with E-state index in [4.69, 9.17) is 10.2 Å². The zero-order valence-corrected chi connectivity index (χ0v) is 35.2. The molecule has 0 bridgehead atoms. The molecule has 0 radical (unpaired) electrons. The molecule has 0 rings (SSSR count). The molecule has 0 aromatic rings. The second-order valence-corrected chi connectivity index (χ2v) is 12.0. The van der Waals surface area contributed by atoms with Crippen molar-refractivity contribution in [2.24, 2.45) is 11.8 Å². The molecule has 302 valence electrons. The van der Waals surface area contributed by atoms with Crippen molar-refractivity contribution in [3.8, 4) is 0 Å². The molecule has 1 amide bonds. The molecule has 0 heterocycles. The normalized spacial score (nSPS) is 10.7. The van der Waals surface area contributed by atoms with Crippen LogP contribution in [0.5, 0.6) is 0 Å². The van der Waals surface area contributed by atoms with Gasteiger partial charge in [-0.1, -0.05) is 111 Å². The number of nitrogens with one attached hydrogen (secondary N) is 1. The van der Waals surface area contributed by atoms with Gasteiger partial charge < -0.3 is 20.6 Å². The maximum Gasteiger partial charge on any atom is 0.306 e. The Morgan fingerprint density at radius 2 is 0.898 bits per heavy atom. The molecule has 49 heavy (non-hydrogen) atoms. The number of ketones is 1. The summed E-state index contributed by atoms with van der Waals surface area (Å²) in [6.07, 6.45) is 21.1. The van der Waals surface area contributed by atoms with Gasteiger partial charge in [0.1, 0.15) is 5.78 Å². The van der Waals surface area contributed by atoms with Crippen LogP contribution in [0, 0.1) is 11.8 Å². The second-order valence-electron chi connectivity index (χ2n) is 12.0. The second kappa shape index (κ2) is 47.7. The van der Waals surface area contributed by atoms with Gasteiger partial charge in [-0.15, -0.1) is 0 Å². The molecule has 0 fully saturated rings. The van der Waals surface area contributed by atoms with Crippen LogP contribution in [0.25, 0.3) is 0 Å². The van der Waals surface area contributed by atoms with E-state index in [1.807, 2.05) is 0 Å². The van der Waals surface area contributed by atoms with Crippen molar-refractivity contribution >= 4 is 111 Å². The predicted octanol–water partition coefficient (Wildman–Crippen LogP) is 9.10. The molecule has 0 spiro atoms. The van der Waals surface area contributed by atoms with Gasteiger partial charge in [0.15, 0.2) is 0 Å². The molecule has 0 aliphatic heterocycles. The van der Waals surface area contributed by atoms with Gasteiger partial charge in [-0.25, -0.2) is 0 Å². The lowest BCUT2D eigenvalue weighted by Crippen LogP contribution is -2.26. The van der Waals surface area contributed by atoms with Crippen LogP contribution < -0.4 is 5.32 Å². The first-order valence-electron chi connectivity index (χ1n) is 16.6. The molecule has 0 aliphatic carbocycles. The van der Waals surface area contributed by atoms with E-state index < -0.39 is 29.7 Å². The smallest absolute Gasteiger partial charge is 0.306 e. The van der Waals surface area contributed by atoms with Crippen LogP contribution in [0.15, 0.2) is 0 Å². The van der Waals surface area contributed by atoms with Gasteiger partial charge in [-0.05, 0) is 32.1 Å². The summed E-state index contributed by atoms with van der Waals surface area (Å²) in [5.41, 5.74) is 0. The summed E-state index contributed by atoms with van der Waals surface area (Å²) in [7, 11) is 0. The molecule has 2 atom stereocenters. The van der Waals surface area contributed by atoms with Crippen LogP contribution in [-0.2, 0) is 24.0 Å². The van der Waals surface area contributed by atoms with E-state index in [9.17, 15) is 29.1 Å². The quantitative estimate of drug-likeness (QED) is 0.0505. The minimum absolute atomic E-state index is 0. The highest BCUT2D eigenvalue weighted by Crippen LogP contribution is 2.17. The van der Waals surface area contributed by atoms with Gasteiger partial charge in [0.25, 0.3) is 0 Å². The number of carboxylic acids is 3. The third-order valence-electron chi connectivity index (χ3n) is 7.95. The molecule has 0 saturated carbocycles. The highest BCUT2D eigenvalue weighted by molar-refractivity contribution is 7.60. The van der Waals surface area contributed by atoms with E-state index >= 15 is 0 Å². The largest absolute Gasteiger partial charge is 0.481 e. The highest BCUT2D eigenvalue weighted by atomic mass is 32.1. The Balaban J connectivity index is -0.000000300. The maximum absolute atomic E-state index is 12.3. The van der Waals surface area contributed by atoms with Gasteiger partial charge in [0.2, 0.25) is 5.91 Å². The SMILES string of the molecule is C.C[C@@H](CCCCNC(=O)CC[C@H](CC(=O)CCCCCCCCCCCCCCCCCCC(=O)O)C(=O)O)C(=O)O.S.S.S.S.S.S.[HH]. The van der Waals surface area contributed by atoms with E-state index in [0.29, 0.717) is 38.6 Å². The van der Waals surface area contributed by atoms with Crippen molar-refractivity contribution in [1.82, 2.24) is 5.32 Å². The molecule has 0 unspecified atom stereocenters. The summed E-state index contributed by atoms with van der Waals surface area (Å²) in [5, 5.41) is 29.7. The van der Waals surface area contributed by atoms with E-state index in [2.05, 4.69) is 5.32 Å². The Kier molecular flexibility index (Phi) is 65.0. The Morgan fingerprint density at radius 1 is 0.510 bits per heavy atom. The van der Waals surface area contributed by atoms with Crippen LogP contribution in [0.3, 0.4) is 0 Å². The number of amides is 1. The highest BCUT2D eigenvalue weighted by Gasteiger charge is 2.22. The zero-order valence-electron chi connectivity index (χ0n) is 29.2. The molecule has 0 aliphatic rings. The molecular formula is C34H77NO8S6. The average molecular weight is 820 g/mol. The molecule has 9 nitrogen and oxygen atoms in total. The number of Topliss-reactive ketones (excluding diaryl/α,β-unsaturated/α-hetero) is 1. The number of aliphatic carboxylic acids is 3. The number of carbonyl (C=O) groups is 5. The van der Waals surface area contributed by atoms with Crippen molar-refractivity contribution in [3.05, 3.63) is 0 Å². The third kappa shape index (κ3) is 47.6. The molecule has 15 heteroatoms. The molecule has 4 N–H and O–H groups in total. The molecule has 0 saturated heterocycles.